The van der Waals surface area contributed by atoms with E-state index < -0.39 is 11.0 Å². The van der Waals surface area contributed by atoms with Crippen LogP contribution < -0.4 is 4.72 Å². The van der Waals surface area contributed by atoms with Crippen molar-refractivity contribution < 1.29 is 4.21 Å². The Morgan fingerprint density at radius 3 is 2.50 bits per heavy atom. The summed E-state index contributed by atoms with van der Waals surface area (Å²) >= 11 is 0. The number of unbranched alkanes of at least 4 members (excludes halogenated alkanes) is 2. The zero-order chi connectivity index (χ0) is 16.2. The summed E-state index contributed by atoms with van der Waals surface area (Å²) in [6.07, 6.45) is 11.4. The SMILES string of the molecule is C=C/C=C(\C=C)CCCCCc1ccc(S(=O)NCC)cc1. The maximum absolute atomic E-state index is 11.8. The predicted molar refractivity (Wildman–Crippen MR) is 97.2 cm³/mol. The third-order valence-electron chi connectivity index (χ3n) is 3.44. The molecule has 3 heteroatoms. The third kappa shape index (κ3) is 7.01. The maximum Gasteiger partial charge on any atom is 0.124 e. The van der Waals surface area contributed by atoms with Crippen molar-refractivity contribution in [2.24, 2.45) is 0 Å². The van der Waals surface area contributed by atoms with Gasteiger partial charge < -0.3 is 0 Å². The topological polar surface area (TPSA) is 29.1 Å². The van der Waals surface area contributed by atoms with E-state index in [0.717, 1.165) is 17.7 Å². The van der Waals surface area contributed by atoms with Crippen LogP contribution in [0.25, 0.3) is 0 Å². The van der Waals surface area contributed by atoms with Gasteiger partial charge in [0.2, 0.25) is 0 Å². The van der Waals surface area contributed by atoms with E-state index in [1.54, 1.807) is 0 Å². The smallest absolute Gasteiger partial charge is 0.124 e. The number of allylic oxidation sites excluding steroid dienone is 4. The zero-order valence-corrected chi connectivity index (χ0v) is 14.3. The standard InChI is InChI=1S/C19H27NOS/c1-4-10-17(5-2)11-8-7-9-12-18-13-15-19(16-14-18)22(21)20-6-3/h4-5,10,13-16,20H,1-2,6-9,11-12H2,3H3/b17-10+. The fourth-order valence-corrected chi connectivity index (χ4v) is 3.05. The van der Waals surface area contributed by atoms with Crippen LogP contribution in [0.2, 0.25) is 0 Å². The Morgan fingerprint density at radius 2 is 1.91 bits per heavy atom. The van der Waals surface area contributed by atoms with Gasteiger partial charge in [0, 0.05) is 6.54 Å². The van der Waals surface area contributed by atoms with Crippen LogP contribution in [0, 0.1) is 0 Å². The van der Waals surface area contributed by atoms with Gasteiger partial charge >= 0.3 is 0 Å². The van der Waals surface area contributed by atoms with Gasteiger partial charge in [0.15, 0.2) is 0 Å². The lowest BCUT2D eigenvalue weighted by atomic mass is 10.0. The maximum atomic E-state index is 11.8. The Labute approximate surface area is 137 Å². The minimum Gasteiger partial charge on any atom is -0.238 e. The molecule has 2 nitrogen and oxygen atoms in total. The van der Waals surface area contributed by atoms with Crippen molar-refractivity contribution in [2.45, 2.75) is 43.9 Å². The summed E-state index contributed by atoms with van der Waals surface area (Å²) in [7, 11) is -1.08. The van der Waals surface area contributed by atoms with Gasteiger partial charge in [0.25, 0.3) is 0 Å². The van der Waals surface area contributed by atoms with Gasteiger partial charge in [-0.2, -0.15) is 0 Å². The first kappa shape index (κ1) is 18.6. The normalized spacial score (nSPS) is 12.9. The van der Waals surface area contributed by atoms with Crippen molar-refractivity contribution in [1.29, 1.82) is 0 Å². The molecular weight excluding hydrogens is 290 g/mol. The summed E-state index contributed by atoms with van der Waals surface area (Å²) < 4.78 is 14.7. The molecule has 1 N–H and O–H groups in total. The van der Waals surface area contributed by atoms with Crippen molar-refractivity contribution in [3.8, 4) is 0 Å². The number of rotatable bonds is 11. The second-order valence-electron chi connectivity index (χ2n) is 5.15. The average Bonchev–Trinajstić information content (AvgIpc) is 2.54. The lowest BCUT2D eigenvalue weighted by Gasteiger charge is -2.05. The lowest BCUT2D eigenvalue weighted by Crippen LogP contribution is -2.16. The molecule has 120 valence electrons. The molecule has 0 radical (unpaired) electrons. The second kappa shape index (κ2) is 11.2. The molecule has 0 saturated heterocycles. The predicted octanol–water partition coefficient (Wildman–Crippen LogP) is 4.72. The number of nitrogens with one attached hydrogen (secondary N) is 1. The molecule has 22 heavy (non-hydrogen) atoms. The Kier molecular flexibility index (Phi) is 9.44. The number of hydrogen-bond acceptors (Lipinski definition) is 1. The number of benzene rings is 1. The van der Waals surface area contributed by atoms with Gasteiger partial charge in [-0.25, -0.2) is 8.93 Å². The van der Waals surface area contributed by atoms with E-state index in [9.17, 15) is 4.21 Å². The van der Waals surface area contributed by atoms with Crippen LogP contribution >= 0.6 is 0 Å². The molecule has 0 bridgehead atoms. The minimum atomic E-state index is -1.08. The van der Waals surface area contributed by atoms with Crippen molar-refractivity contribution in [2.75, 3.05) is 6.54 Å². The summed E-state index contributed by atoms with van der Waals surface area (Å²) in [5.74, 6) is 0. The summed E-state index contributed by atoms with van der Waals surface area (Å²) in [5.41, 5.74) is 2.56. The molecule has 0 aliphatic heterocycles. The molecule has 0 spiro atoms. The van der Waals surface area contributed by atoms with Crippen molar-refractivity contribution in [3.63, 3.8) is 0 Å². The van der Waals surface area contributed by atoms with Crippen LogP contribution in [0.15, 0.2) is 66.1 Å². The van der Waals surface area contributed by atoms with Gasteiger partial charge in [-0.1, -0.05) is 56.9 Å². The third-order valence-corrected chi connectivity index (χ3v) is 4.69. The molecule has 1 unspecified atom stereocenters. The highest BCUT2D eigenvalue weighted by Gasteiger charge is 2.02. The minimum absolute atomic E-state index is 0.710. The molecule has 0 saturated carbocycles. The van der Waals surface area contributed by atoms with Crippen LogP contribution in [0.4, 0.5) is 0 Å². The molecule has 0 aliphatic carbocycles. The average molecular weight is 317 g/mol. The Morgan fingerprint density at radius 1 is 1.18 bits per heavy atom. The Bertz CT molecular complexity index is 517. The van der Waals surface area contributed by atoms with Crippen LogP contribution in [-0.4, -0.2) is 10.8 Å². The first-order valence-electron chi connectivity index (χ1n) is 7.89. The van der Waals surface area contributed by atoms with E-state index in [0.29, 0.717) is 6.54 Å². The second-order valence-corrected chi connectivity index (χ2v) is 6.45. The summed E-state index contributed by atoms with van der Waals surface area (Å²) in [5, 5.41) is 0. The largest absolute Gasteiger partial charge is 0.238 e. The lowest BCUT2D eigenvalue weighted by molar-refractivity contribution is 0.673. The molecule has 0 aliphatic rings. The van der Waals surface area contributed by atoms with Crippen LogP contribution in [0.3, 0.4) is 0 Å². The highest BCUT2D eigenvalue weighted by Crippen LogP contribution is 2.14. The van der Waals surface area contributed by atoms with Crippen molar-refractivity contribution in [3.05, 3.63) is 66.8 Å². The van der Waals surface area contributed by atoms with Gasteiger partial charge in [-0.05, 0) is 49.0 Å². The zero-order valence-electron chi connectivity index (χ0n) is 13.5. The quantitative estimate of drug-likeness (QED) is 0.464. The fourth-order valence-electron chi connectivity index (χ4n) is 2.23. The van der Waals surface area contributed by atoms with E-state index in [4.69, 9.17) is 0 Å². The van der Waals surface area contributed by atoms with Crippen LogP contribution in [0.1, 0.15) is 38.2 Å². The summed E-state index contributed by atoms with van der Waals surface area (Å²) in [6, 6.07) is 8.07. The van der Waals surface area contributed by atoms with Crippen LogP contribution in [-0.2, 0) is 17.4 Å². The molecular formula is C19H27NOS. The molecule has 0 amide bonds. The highest BCUT2D eigenvalue weighted by molar-refractivity contribution is 7.83. The monoisotopic (exact) mass is 317 g/mol. The van der Waals surface area contributed by atoms with Gasteiger partial charge in [-0.3, -0.25) is 0 Å². The molecule has 0 heterocycles. The van der Waals surface area contributed by atoms with Gasteiger partial charge in [0.1, 0.15) is 11.0 Å². The number of aryl methyl sites for hydroxylation is 1. The highest BCUT2D eigenvalue weighted by atomic mass is 32.2. The van der Waals surface area contributed by atoms with E-state index in [1.807, 2.05) is 37.3 Å². The first-order chi connectivity index (χ1) is 10.7. The van der Waals surface area contributed by atoms with Gasteiger partial charge in [-0.15, -0.1) is 0 Å². The van der Waals surface area contributed by atoms with Crippen molar-refractivity contribution in [1.82, 2.24) is 4.72 Å². The summed E-state index contributed by atoms with van der Waals surface area (Å²) in [4.78, 5) is 0.843. The van der Waals surface area contributed by atoms with E-state index >= 15 is 0 Å². The molecule has 0 fully saturated rings. The molecule has 1 atom stereocenters. The molecule has 1 aromatic carbocycles. The molecule has 1 rings (SSSR count). The molecule has 1 aromatic rings. The Balaban J connectivity index is 2.31. The fraction of sp³-hybridized carbons (Fsp3) is 0.368. The van der Waals surface area contributed by atoms with E-state index in [2.05, 4.69) is 30.0 Å². The van der Waals surface area contributed by atoms with Gasteiger partial charge in [0.05, 0.1) is 4.90 Å². The van der Waals surface area contributed by atoms with Crippen LogP contribution in [0.5, 0.6) is 0 Å². The van der Waals surface area contributed by atoms with E-state index in [-0.39, 0.29) is 0 Å². The number of hydrogen-bond donors (Lipinski definition) is 1. The molecule has 0 aromatic heterocycles. The first-order valence-corrected chi connectivity index (χ1v) is 9.04. The van der Waals surface area contributed by atoms with E-state index in [1.165, 1.54) is 30.4 Å². The van der Waals surface area contributed by atoms with Crippen molar-refractivity contribution >= 4 is 11.0 Å². The summed E-state index contributed by atoms with van der Waals surface area (Å²) in [6.45, 7) is 10.2. The Hall–Kier alpha value is -1.45.